The van der Waals surface area contributed by atoms with Gasteiger partial charge in [-0.15, -0.1) is 11.3 Å². The molecule has 0 fully saturated rings. The molecule has 0 bridgehead atoms. The highest BCUT2D eigenvalue weighted by molar-refractivity contribution is 7.14. The number of anilines is 1. The second kappa shape index (κ2) is 4.63. The predicted molar refractivity (Wildman–Crippen MR) is 66.0 cm³/mol. The molecule has 2 aromatic rings. The zero-order valence-corrected chi connectivity index (χ0v) is 10.3. The Bertz CT molecular complexity index is 553. The maximum absolute atomic E-state index is 13.5. The van der Waals surface area contributed by atoms with Gasteiger partial charge in [-0.25, -0.2) is 9.37 Å². The van der Waals surface area contributed by atoms with Crippen LogP contribution in [0.4, 0.5) is 9.52 Å². The molecule has 1 aromatic carbocycles. The van der Waals surface area contributed by atoms with E-state index in [9.17, 15) is 9.18 Å². The van der Waals surface area contributed by atoms with Crippen LogP contribution in [0.15, 0.2) is 29.6 Å². The zero-order valence-electron chi connectivity index (χ0n) is 9.48. The summed E-state index contributed by atoms with van der Waals surface area (Å²) in [5.74, 6) is -0.907. The Balaban J connectivity index is 2.30. The molecule has 0 saturated heterocycles. The van der Waals surface area contributed by atoms with E-state index < -0.39 is 11.7 Å². The number of hydrogen-bond donors (Lipinski definition) is 0. The lowest BCUT2D eigenvalue weighted by Crippen LogP contribution is -2.26. The summed E-state index contributed by atoms with van der Waals surface area (Å²) in [6.45, 7) is 1.85. The number of nitrogens with zero attached hydrogens (tertiary/aromatic N) is 2. The van der Waals surface area contributed by atoms with Crippen molar-refractivity contribution >= 4 is 22.4 Å². The van der Waals surface area contributed by atoms with Gasteiger partial charge in [0.1, 0.15) is 5.82 Å². The molecule has 0 spiro atoms. The quantitative estimate of drug-likeness (QED) is 0.821. The molecule has 5 heteroatoms. The molecule has 3 nitrogen and oxygen atoms in total. The van der Waals surface area contributed by atoms with Crippen LogP contribution in [0.1, 0.15) is 16.1 Å². The van der Waals surface area contributed by atoms with E-state index in [4.69, 9.17) is 0 Å². The summed E-state index contributed by atoms with van der Waals surface area (Å²) in [6, 6.07) is 5.93. The van der Waals surface area contributed by atoms with Crippen LogP contribution >= 0.6 is 11.3 Å². The van der Waals surface area contributed by atoms with E-state index in [1.165, 1.54) is 28.4 Å². The lowest BCUT2D eigenvalue weighted by atomic mass is 10.2. The monoisotopic (exact) mass is 250 g/mol. The van der Waals surface area contributed by atoms with Crippen LogP contribution in [-0.4, -0.2) is 17.9 Å². The van der Waals surface area contributed by atoms with Crippen LogP contribution in [0.25, 0.3) is 0 Å². The van der Waals surface area contributed by atoms with Gasteiger partial charge in [-0.1, -0.05) is 12.1 Å². The van der Waals surface area contributed by atoms with Gasteiger partial charge >= 0.3 is 0 Å². The van der Waals surface area contributed by atoms with Gasteiger partial charge < -0.3 is 0 Å². The minimum atomic E-state index is -0.516. The summed E-state index contributed by atoms with van der Waals surface area (Å²) in [7, 11) is 1.59. The Morgan fingerprint density at radius 3 is 2.71 bits per heavy atom. The van der Waals surface area contributed by atoms with E-state index in [0.29, 0.717) is 5.13 Å². The van der Waals surface area contributed by atoms with Crippen molar-refractivity contribution < 1.29 is 9.18 Å². The fourth-order valence-electron chi connectivity index (χ4n) is 1.40. The largest absolute Gasteiger partial charge is 0.287 e. The highest BCUT2D eigenvalue weighted by atomic mass is 32.1. The predicted octanol–water partition coefficient (Wildman–Crippen LogP) is 2.87. The van der Waals surface area contributed by atoms with Crippen molar-refractivity contribution in [2.24, 2.45) is 0 Å². The van der Waals surface area contributed by atoms with Crippen molar-refractivity contribution in [2.75, 3.05) is 11.9 Å². The molecule has 0 aliphatic carbocycles. The summed E-state index contributed by atoms with van der Waals surface area (Å²) < 4.78 is 13.5. The van der Waals surface area contributed by atoms with E-state index in [-0.39, 0.29) is 5.56 Å². The first-order valence-electron chi connectivity index (χ1n) is 5.04. The van der Waals surface area contributed by atoms with Crippen LogP contribution in [0.2, 0.25) is 0 Å². The number of thiazole rings is 1. The van der Waals surface area contributed by atoms with Gasteiger partial charge in [0.15, 0.2) is 5.13 Å². The van der Waals surface area contributed by atoms with Crippen molar-refractivity contribution in [3.05, 3.63) is 46.7 Å². The molecule has 0 radical (unpaired) electrons. The molecule has 1 aromatic heterocycles. The molecule has 88 valence electrons. The highest BCUT2D eigenvalue weighted by Gasteiger charge is 2.18. The Morgan fingerprint density at radius 1 is 1.41 bits per heavy atom. The first-order chi connectivity index (χ1) is 8.09. The standard InChI is InChI=1S/C12H11FN2OS/c1-8-7-17-12(14-8)15(2)11(16)9-5-3-4-6-10(9)13/h3-7H,1-2H3. The number of hydrogen-bond acceptors (Lipinski definition) is 3. The summed E-state index contributed by atoms with van der Waals surface area (Å²) in [5, 5.41) is 2.41. The topological polar surface area (TPSA) is 33.2 Å². The normalized spacial score (nSPS) is 10.3. The van der Waals surface area contributed by atoms with Crippen molar-refractivity contribution in [1.29, 1.82) is 0 Å². The Labute approximate surface area is 103 Å². The van der Waals surface area contributed by atoms with Crippen molar-refractivity contribution in [3.8, 4) is 0 Å². The van der Waals surface area contributed by atoms with E-state index in [2.05, 4.69) is 4.98 Å². The average molecular weight is 250 g/mol. The fourth-order valence-corrected chi connectivity index (χ4v) is 2.16. The molecule has 0 aliphatic rings. The van der Waals surface area contributed by atoms with Gasteiger partial charge in [0.05, 0.1) is 11.3 Å². The van der Waals surface area contributed by atoms with Gasteiger partial charge in [0.2, 0.25) is 0 Å². The smallest absolute Gasteiger partial charge is 0.262 e. The Kier molecular flexibility index (Phi) is 3.19. The number of aryl methyl sites for hydroxylation is 1. The van der Waals surface area contributed by atoms with Crippen LogP contribution in [-0.2, 0) is 0 Å². The van der Waals surface area contributed by atoms with Crippen molar-refractivity contribution in [3.63, 3.8) is 0 Å². The van der Waals surface area contributed by atoms with Crippen molar-refractivity contribution in [2.45, 2.75) is 6.92 Å². The number of carbonyl (C=O) groups excluding carboxylic acids is 1. The minimum Gasteiger partial charge on any atom is -0.287 e. The molecule has 0 N–H and O–H groups in total. The van der Waals surface area contributed by atoms with Gasteiger partial charge in [0.25, 0.3) is 5.91 Å². The van der Waals surface area contributed by atoms with Gasteiger partial charge in [-0.3, -0.25) is 9.69 Å². The maximum Gasteiger partial charge on any atom is 0.262 e. The summed E-state index contributed by atoms with van der Waals surface area (Å²) >= 11 is 1.36. The van der Waals surface area contributed by atoms with Crippen LogP contribution < -0.4 is 4.90 Å². The fraction of sp³-hybridized carbons (Fsp3) is 0.167. The summed E-state index contributed by atoms with van der Waals surface area (Å²) in [6.07, 6.45) is 0. The second-order valence-electron chi connectivity index (χ2n) is 3.62. The first-order valence-corrected chi connectivity index (χ1v) is 5.92. The van der Waals surface area contributed by atoms with Gasteiger partial charge in [0, 0.05) is 12.4 Å². The van der Waals surface area contributed by atoms with Crippen LogP contribution in [0.3, 0.4) is 0 Å². The maximum atomic E-state index is 13.5. The average Bonchev–Trinajstić information content (AvgIpc) is 2.75. The molecule has 1 amide bonds. The lowest BCUT2D eigenvalue weighted by Gasteiger charge is -2.13. The molecule has 17 heavy (non-hydrogen) atoms. The third-order valence-electron chi connectivity index (χ3n) is 2.30. The summed E-state index contributed by atoms with van der Waals surface area (Å²) in [4.78, 5) is 17.6. The number of amides is 1. The number of halogens is 1. The van der Waals surface area contributed by atoms with Crippen molar-refractivity contribution in [1.82, 2.24) is 4.98 Å². The summed E-state index contributed by atoms with van der Waals surface area (Å²) in [5.41, 5.74) is 0.904. The van der Waals surface area contributed by atoms with Crippen LogP contribution in [0, 0.1) is 12.7 Å². The van der Waals surface area contributed by atoms with Gasteiger partial charge in [-0.2, -0.15) is 0 Å². The molecular weight excluding hydrogens is 239 g/mol. The molecule has 0 aliphatic heterocycles. The van der Waals surface area contributed by atoms with E-state index in [1.807, 2.05) is 12.3 Å². The Morgan fingerprint density at radius 2 is 2.12 bits per heavy atom. The highest BCUT2D eigenvalue weighted by Crippen LogP contribution is 2.21. The number of benzene rings is 1. The second-order valence-corrected chi connectivity index (χ2v) is 4.45. The van der Waals surface area contributed by atoms with E-state index in [0.717, 1.165) is 5.69 Å². The Hall–Kier alpha value is -1.75. The van der Waals surface area contributed by atoms with E-state index in [1.54, 1.807) is 19.2 Å². The zero-order chi connectivity index (χ0) is 12.4. The molecule has 0 saturated carbocycles. The van der Waals surface area contributed by atoms with Gasteiger partial charge in [-0.05, 0) is 19.1 Å². The SMILES string of the molecule is Cc1csc(N(C)C(=O)c2ccccc2F)n1. The molecule has 1 heterocycles. The lowest BCUT2D eigenvalue weighted by molar-refractivity contribution is 0.0989. The minimum absolute atomic E-state index is 0.0582. The third-order valence-corrected chi connectivity index (χ3v) is 3.34. The number of aromatic nitrogens is 1. The molecule has 0 atom stereocenters. The van der Waals surface area contributed by atoms with E-state index >= 15 is 0 Å². The first kappa shape index (κ1) is 11.7. The molecular formula is C12H11FN2OS. The molecule has 2 rings (SSSR count). The van der Waals surface area contributed by atoms with Crippen LogP contribution in [0.5, 0.6) is 0 Å². The number of carbonyl (C=O) groups is 1. The third kappa shape index (κ3) is 2.34. The number of rotatable bonds is 2. The molecule has 0 unspecified atom stereocenters.